The molecular formula is C13H11ClFN3S2. The highest BCUT2D eigenvalue weighted by atomic mass is 35.5. The molecule has 1 N–H and O–H groups in total. The molecule has 3 nitrogen and oxygen atoms in total. The van der Waals surface area contributed by atoms with E-state index in [0.717, 1.165) is 22.6 Å². The van der Waals surface area contributed by atoms with Gasteiger partial charge in [-0.2, -0.15) is 0 Å². The molecule has 1 aromatic carbocycles. The molecule has 0 aliphatic carbocycles. The second-order valence-electron chi connectivity index (χ2n) is 4.47. The lowest BCUT2D eigenvalue weighted by atomic mass is 10.3. The minimum Gasteiger partial charge on any atom is -0.330 e. The number of aromatic nitrogens is 3. The largest absolute Gasteiger partial charge is 0.330 e. The van der Waals surface area contributed by atoms with Crippen LogP contribution in [0.15, 0.2) is 17.5 Å². The molecule has 0 spiro atoms. The number of thiazole rings is 1. The van der Waals surface area contributed by atoms with Crippen LogP contribution in [0.5, 0.6) is 0 Å². The third kappa shape index (κ3) is 2.51. The average Bonchev–Trinajstić information content (AvgIpc) is 2.92. The summed E-state index contributed by atoms with van der Waals surface area (Å²) in [5, 5.41) is 3.19. The zero-order valence-electron chi connectivity index (χ0n) is 10.6. The van der Waals surface area contributed by atoms with E-state index in [4.69, 9.17) is 23.8 Å². The quantitative estimate of drug-likeness (QED) is 0.719. The Kier molecular flexibility index (Phi) is 3.62. The molecule has 2 heterocycles. The molecule has 3 rings (SSSR count). The number of hydrogen-bond donors (Lipinski definition) is 1. The number of imidazole rings is 1. The van der Waals surface area contributed by atoms with Gasteiger partial charge >= 0.3 is 0 Å². The summed E-state index contributed by atoms with van der Waals surface area (Å²) in [6.45, 7) is 2.66. The van der Waals surface area contributed by atoms with Gasteiger partial charge in [0.15, 0.2) is 4.77 Å². The van der Waals surface area contributed by atoms with Gasteiger partial charge in [0.2, 0.25) is 0 Å². The normalized spacial score (nSPS) is 11.3. The molecule has 0 saturated heterocycles. The van der Waals surface area contributed by atoms with Crippen LogP contribution in [0, 0.1) is 17.5 Å². The summed E-state index contributed by atoms with van der Waals surface area (Å²) < 4.78 is 15.9. The van der Waals surface area contributed by atoms with E-state index in [1.165, 1.54) is 6.07 Å². The molecule has 3 aromatic rings. The van der Waals surface area contributed by atoms with Gasteiger partial charge in [-0.15, -0.1) is 11.3 Å². The van der Waals surface area contributed by atoms with Crippen molar-refractivity contribution in [1.29, 1.82) is 0 Å². The molecule has 0 radical (unpaired) electrons. The maximum atomic E-state index is 13.4. The monoisotopic (exact) mass is 327 g/mol. The summed E-state index contributed by atoms with van der Waals surface area (Å²) in [5.74, 6) is -0.447. The van der Waals surface area contributed by atoms with Crippen LogP contribution in [0.4, 0.5) is 4.39 Å². The van der Waals surface area contributed by atoms with Gasteiger partial charge in [-0.3, -0.25) is 0 Å². The highest BCUT2D eigenvalue weighted by Crippen LogP contribution is 2.23. The van der Waals surface area contributed by atoms with E-state index < -0.39 is 5.82 Å². The fourth-order valence-corrected chi connectivity index (χ4v) is 3.23. The minimum absolute atomic E-state index is 0.102. The van der Waals surface area contributed by atoms with E-state index >= 15 is 0 Å². The molecule has 20 heavy (non-hydrogen) atoms. The van der Waals surface area contributed by atoms with Gasteiger partial charge in [-0.05, 0) is 25.2 Å². The number of benzene rings is 1. The summed E-state index contributed by atoms with van der Waals surface area (Å²) in [5.41, 5.74) is 2.51. The minimum atomic E-state index is -0.447. The van der Waals surface area contributed by atoms with Crippen LogP contribution < -0.4 is 0 Å². The molecule has 0 unspecified atom stereocenters. The first-order valence-electron chi connectivity index (χ1n) is 6.03. The van der Waals surface area contributed by atoms with Gasteiger partial charge in [0.05, 0.1) is 26.8 Å². The number of aromatic amines is 1. The number of nitrogens with one attached hydrogen (secondary N) is 1. The first kappa shape index (κ1) is 13.7. The molecule has 0 aliphatic heterocycles. The lowest BCUT2D eigenvalue weighted by molar-refractivity contribution is 0.629. The second kappa shape index (κ2) is 5.27. The fraction of sp³-hybridized carbons (Fsp3) is 0.231. The first-order valence-corrected chi connectivity index (χ1v) is 7.70. The van der Waals surface area contributed by atoms with Crippen molar-refractivity contribution in [2.24, 2.45) is 0 Å². The molecule has 0 fully saturated rings. The lowest BCUT2D eigenvalue weighted by Crippen LogP contribution is -2.01. The Balaban J connectivity index is 1.96. The Morgan fingerprint density at radius 1 is 1.50 bits per heavy atom. The maximum absolute atomic E-state index is 13.4. The predicted octanol–water partition coefficient (Wildman–Crippen LogP) is 4.50. The van der Waals surface area contributed by atoms with Crippen molar-refractivity contribution in [1.82, 2.24) is 14.5 Å². The van der Waals surface area contributed by atoms with Crippen LogP contribution >= 0.6 is 35.2 Å². The number of fused-ring (bicyclic) bond motifs is 1. The van der Waals surface area contributed by atoms with Crippen LogP contribution in [-0.4, -0.2) is 14.5 Å². The summed E-state index contributed by atoms with van der Waals surface area (Å²) in [6.07, 6.45) is 0.778. The molecule has 2 aromatic heterocycles. The standard InChI is InChI=1S/C13H11ClFN3S2/c1-7-16-8(6-20-7)2-3-18-12-4-9(14)10(15)5-11(12)17-13(18)19/h4-6H,2-3H2,1H3,(H,17,19). The Bertz CT molecular complexity index is 834. The smallest absolute Gasteiger partial charge is 0.178 e. The van der Waals surface area contributed by atoms with Crippen LogP contribution in [0.2, 0.25) is 5.02 Å². The molecule has 0 bridgehead atoms. The van der Waals surface area contributed by atoms with E-state index in [2.05, 4.69) is 9.97 Å². The number of hydrogen-bond acceptors (Lipinski definition) is 3. The molecule has 0 saturated carbocycles. The van der Waals surface area contributed by atoms with E-state index in [1.807, 2.05) is 16.9 Å². The van der Waals surface area contributed by atoms with Crippen molar-refractivity contribution in [2.75, 3.05) is 0 Å². The number of aryl methyl sites for hydroxylation is 3. The van der Waals surface area contributed by atoms with Crippen molar-refractivity contribution in [3.63, 3.8) is 0 Å². The maximum Gasteiger partial charge on any atom is 0.178 e. The highest BCUT2D eigenvalue weighted by Gasteiger charge is 2.09. The van der Waals surface area contributed by atoms with Gasteiger partial charge in [-0.1, -0.05) is 11.6 Å². The third-order valence-corrected chi connectivity index (χ3v) is 4.51. The second-order valence-corrected chi connectivity index (χ2v) is 6.33. The molecule has 0 amide bonds. The number of nitrogens with zero attached hydrogens (tertiary/aromatic N) is 2. The first-order chi connectivity index (χ1) is 9.54. The van der Waals surface area contributed by atoms with Crippen LogP contribution in [-0.2, 0) is 13.0 Å². The van der Waals surface area contributed by atoms with Gasteiger partial charge in [0.25, 0.3) is 0 Å². The summed E-state index contributed by atoms with van der Waals surface area (Å²) >= 11 is 12.8. The molecule has 0 atom stereocenters. The number of H-pyrrole nitrogens is 1. The summed E-state index contributed by atoms with van der Waals surface area (Å²) in [7, 11) is 0. The summed E-state index contributed by atoms with van der Waals surface area (Å²) in [6, 6.07) is 2.97. The highest BCUT2D eigenvalue weighted by molar-refractivity contribution is 7.71. The molecular weight excluding hydrogens is 317 g/mol. The number of rotatable bonds is 3. The Labute approximate surface area is 129 Å². The van der Waals surface area contributed by atoms with E-state index in [0.29, 0.717) is 16.8 Å². The van der Waals surface area contributed by atoms with Gasteiger partial charge < -0.3 is 9.55 Å². The molecule has 0 aliphatic rings. The molecule has 7 heteroatoms. The number of halogens is 2. The van der Waals surface area contributed by atoms with E-state index in [9.17, 15) is 4.39 Å². The fourth-order valence-electron chi connectivity index (χ4n) is 2.12. The van der Waals surface area contributed by atoms with Crippen molar-refractivity contribution in [3.8, 4) is 0 Å². The average molecular weight is 328 g/mol. The zero-order chi connectivity index (χ0) is 14.3. The van der Waals surface area contributed by atoms with E-state index in [-0.39, 0.29) is 5.02 Å². The Morgan fingerprint density at radius 3 is 3.00 bits per heavy atom. The topological polar surface area (TPSA) is 33.6 Å². The van der Waals surface area contributed by atoms with Crippen molar-refractivity contribution in [2.45, 2.75) is 19.9 Å². The van der Waals surface area contributed by atoms with Crippen LogP contribution in [0.1, 0.15) is 10.7 Å². The zero-order valence-corrected chi connectivity index (χ0v) is 13.0. The van der Waals surface area contributed by atoms with Crippen LogP contribution in [0.25, 0.3) is 11.0 Å². The predicted molar refractivity (Wildman–Crippen MR) is 82.6 cm³/mol. The van der Waals surface area contributed by atoms with Crippen molar-refractivity contribution in [3.05, 3.63) is 43.8 Å². The molecule has 104 valence electrons. The van der Waals surface area contributed by atoms with Crippen LogP contribution in [0.3, 0.4) is 0 Å². The Hall–Kier alpha value is -1.24. The van der Waals surface area contributed by atoms with Gasteiger partial charge in [-0.25, -0.2) is 9.37 Å². The third-order valence-electron chi connectivity index (χ3n) is 3.07. The van der Waals surface area contributed by atoms with E-state index in [1.54, 1.807) is 17.4 Å². The summed E-state index contributed by atoms with van der Waals surface area (Å²) in [4.78, 5) is 7.42. The van der Waals surface area contributed by atoms with Gasteiger partial charge in [0, 0.05) is 24.4 Å². The van der Waals surface area contributed by atoms with Crippen molar-refractivity contribution < 1.29 is 4.39 Å². The van der Waals surface area contributed by atoms with Crippen molar-refractivity contribution >= 4 is 46.2 Å². The lowest BCUT2D eigenvalue weighted by Gasteiger charge is -2.03. The van der Waals surface area contributed by atoms with Gasteiger partial charge in [0.1, 0.15) is 5.82 Å². The Morgan fingerprint density at radius 2 is 2.30 bits per heavy atom. The SMILES string of the molecule is Cc1nc(CCn2c(=S)[nH]c3cc(F)c(Cl)cc32)cs1.